The van der Waals surface area contributed by atoms with Gasteiger partial charge in [-0.1, -0.05) is 23.7 Å². The summed E-state index contributed by atoms with van der Waals surface area (Å²) in [7, 11) is 0. The van der Waals surface area contributed by atoms with Crippen molar-refractivity contribution < 1.29 is 4.79 Å². The van der Waals surface area contributed by atoms with E-state index < -0.39 is 0 Å². The van der Waals surface area contributed by atoms with Crippen molar-refractivity contribution >= 4 is 17.5 Å². The molecule has 2 aromatic rings. The van der Waals surface area contributed by atoms with Crippen molar-refractivity contribution in [3.05, 3.63) is 52.8 Å². The topological polar surface area (TPSA) is 46.9 Å². The predicted molar refractivity (Wildman–Crippen MR) is 82.2 cm³/mol. The number of carbonyl (C=O) groups excluding carboxylic acids is 1. The molecule has 0 fully saturated rings. The van der Waals surface area contributed by atoms with Crippen molar-refractivity contribution in [3.8, 4) is 0 Å². The number of halogens is 1. The molecule has 4 nitrogen and oxygen atoms in total. The zero-order chi connectivity index (χ0) is 14.8. The van der Waals surface area contributed by atoms with Gasteiger partial charge in [0.1, 0.15) is 6.04 Å². The number of nitrogens with one attached hydrogen (secondary N) is 1. The Hall–Kier alpha value is -1.81. The fraction of sp³-hybridized carbons (Fsp3) is 0.375. The van der Waals surface area contributed by atoms with Crippen LogP contribution in [0, 0.1) is 0 Å². The van der Waals surface area contributed by atoms with Crippen molar-refractivity contribution in [2.45, 2.75) is 38.3 Å². The summed E-state index contributed by atoms with van der Waals surface area (Å²) in [5.41, 5.74) is 2.18. The lowest BCUT2D eigenvalue weighted by molar-refractivity contribution is -0.125. The zero-order valence-electron chi connectivity index (χ0n) is 11.9. The number of carbonyl (C=O) groups is 1. The first-order valence-corrected chi connectivity index (χ1v) is 7.61. The summed E-state index contributed by atoms with van der Waals surface area (Å²) in [6.45, 7) is 1.98. The van der Waals surface area contributed by atoms with Gasteiger partial charge < -0.3 is 5.32 Å². The fourth-order valence-electron chi connectivity index (χ4n) is 2.81. The average Bonchev–Trinajstić information content (AvgIpc) is 2.96. The third-order valence-corrected chi connectivity index (χ3v) is 4.24. The highest BCUT2D eigenvalue weighted by Gasteiger charge is 2.27. The van der Waals surface area contributed by atoms with Gasteiger partial charge in [0.15, 0.2) is 0 Å². The number of fused-ring (bicyclic) bond motifs is 1. The van der Waals surface area contributed by atoms with E-state index in [1.165, 1.54) is 0 Å². The summed E-state index contributed by atoms with van der Waals surface area (Å²) in [5, 5.41) is 8.06. The summed E-state index contributed by atoms with van der Waals surface area (Å²) in [5.74, 6) is 0.0297. The molecule has 21 heavy (non-hydrogen) atoms. The number of amides is 1. The van der Waals surface area contributed by atoms with Crippen molar-refractivity contribution in [2.24, 2.45) is 0 Å². The van der Waals surface area contributed by atoms with Gasteiger partial charge in [-0.25, -0.2) is 0 Å². The number of benzene rings is 1. The van der Waals surface area contributed by atoms with Crippen molar-refractivity contribution in [1.82, 2.24) is 15.1 Å². The van der Waals surface area contributed by atoms with Crippen molar-refractivity contribution in [1.29, 1.82) is 0 Å². The molecule has 0 saturated heterocycles. The SMILES string of the molecule is C[C@@H](NC(=O)C1CCCc2ccnn21)c1ccc(Cl)cc1. The number of aryl methyl sites for hydroxylation is 1. The molecule has 1 unspecified atom stereocenters. The molecule has 0 saturated carbocycles. The molecule has 0 bridgehead atoms. The minimum absolute atomic E-state index is 0.0297. The first kappa shape index (κ1) is 14.1. The smallest absolute Gasteiger partial charge is 0.245 e. The molecule has 1 aromatic heterocycles. The molecular formula is C16H18ClN3O. The van der Waals surface area contributed by atoms with E-state index in [4.69, 9.17) is 11.6 Å². The lowest BCUT2D eigenvalue weighted by atomic mass is 10.0. The van der Waals surface area contributed by atoms with Crippen LogP contribution in [0.3, 0.4) is 0 Å². The molecule has 1 N–H and O–H groups in total. The molecule has 2 heterocycles. The molecule has 0 aliphatic carbocycles. The van der Waals surface area contributed by atoms with Gasteiger partial charge in [0.25, 0.3) is 0 Å². The Morgan fingerprint density at radius 3 is 2.90 bits per heavy atom. The van der Waals surface area contributed by atoms with E-state index in [2.05, 4.69) is 10.4 Å². The Balaban J connectivity index is 1.71. The second-order valence-corrected chi connectivity index (χ2v) is 5.89. The average molecular weight is 304 g/mol. The molecule has 110 valence electrons. The third-order valence-electron chi connectivity index (χ3n) is 3.99. The second-order valence-electron chi connectivity index (χ2n) is 5.46. The maximum absolute atomic E-state index is 12.5. The van der Waals surface area contributed by atoms with E-state index >= 15 is 0 Å². The Bertz CT molecular complexity index is 635. The summed E-state index contributed by atoms with van der Waals surface area (Å²) < 4.78 is 1.85. The van der Waals surface area contributed by atoms with Crippen LogP contribution in [-0.4, -0.2) is 15.7 Å². The highest BCUT2D eigenvalue weighted by molar-refractivity contribution is 6.30. The summed E-state index contributed by atoms with van der Waals surface area (Å²) in [6, 6.07) is 9.30. The van der Waals surface area contributed by atoms with Gasteiger partial charge in [-0.05, 0) is 49.9 Å². The van der Waals surface area contributed by atoms with Crippen LogP contribution in [0.2, 0.25) is 5.02 Å². The van der Waals surface area contributed by atoms with Gasteiger partial charge in [-0.2, -0.15) is 5.10 Å². The maximum Gasteiger partial charge on any atom is 0.245 e. The summed E-state index contributed by atoms with van der Waals surface area (Å²) in [4.78, 5) is 12.5. The van der Waals surface area contributed by atoms with Crippen LogP contribution in [-0.2, 0) is 11.2 Å². The minimum atomic E-state index is -0.196. The van der Waals surface area contributed by atoms with Gasteiger partial charge in [0, 0.05) is 16.9 Å². The highest BCUT2D eigenvalue weighted by Crippen LogP contribution is 2.25. The molecule has 5 heteroatoms. The quantitative estimate of drug-likeness (QED) is 0.946. The number of hydrogen-bond acceptors (Lipinski definition) is 2. The zero-order valence-corrected chi connectivity index (χ0v) is 12.7. The van der Waals surface area contributed by atoms with Crippen LogP contribution >= 0.6 is 11.6 Å². The predicted octanol–water partition coefficient (Wildman–Crippen LogP) is 3.29. The first-order valence-electron chi connectivity index (χ1n) is 7.23. The van der Waals surface area contributed by atoms with Crippen molar-refractivity contribution in [3.63, 3.8) is 0 Å². The molecule has 3 rings (SSSR count). The Morgan fingerprint density at radius 1 is 1.38 bits per heavy atom. The van der Waals surface area contributed by atoms with E-state index in [-0.39, 0.29) is 18.0 Å². The van der Waals surface area contributed by atoms with Gasteiger partial charge >= 0.3 is 0 Å². The summed E-state index contributed by atoms with van der Waals surface area (Å²) >= 11 is 5.89. The minimum Gasteiger partial charge on any atom is -0.348 e. The molecule has 2 atom stereocenters. The van der Waals surface area contributed by atoms with E-state index in [1.807, 2.05) is 41.9 Å². The number of aromatic nitrogens is 2. The molecule has 1 aliphatic rings. The normalized spacial score (nSPS) is 18.9. The number of hydrogen-bond donors (Lipinski definition) is 1. The van der Waals surface area contributed by atoms with Gasteiger partial charge in [0.2, 0.25) is 5.91 Å². The second kappa shape index (κ2) is 5.90. The van der Waals surface area contributed by atoms with Crippen LogP contribution in [0.25, 0.3) is 0 Å². The number of nitrogens with zero attached hydrogens (tertiary/aromatic N) is 2. The standard InChI is InChI=1S/C16H18ClN3O/c1-11(12-5-7-13(17)8-6-12)19-16(21)15-4-2-3-14-9-10-18-20(14)15/h5-11,15H,2-4H2,1H3,(H,19,21)/t11-,15?/m1/s1. The highest BCUT2D eigenvalue weighted by atomic mass is 35.5. The summed E-state index contributed by atoms with van der Waals surface area (Å²) in [6.07, 6.45) is 4.63. The van der Waals surface area contributed by atoms with Crippen LogP contribution in [0.4, 0.5) is 0 Å². The lowest BCUT2D eigenvalue weighted by Crippen LogP contribution is -2.36. The van der Waals surface area contributed by atoms with Gasteiger partial charge in [0.05, 0.1) is 6.04 Å². The molecular weight excluding hydrogens is 286 g/mol. The lowest BCUT2D eigenvalue weighted by Gasteiger charge is -2.25. The Morgan fingerprint density at radius 2 is 2.14 bits per heavy atom. The third kappa shape index (κ3) is 2.95. The number of rotatable bonds is 3. The van der Waals surface area contributed by atoms with Crippen LogP contribution in [0.15, 0.2) is 36.5 Å². The maximum atomic E-state index is 12.5. The van der Waals surface area contributed by atoms with E-state index in [0.717, 1.165) is 30.5 Å². The Kier molecular flexibility index (Phi) is 3.97. The largest absolute Gasteiger partial charge is 0.348 e. The molecule has 0 spiro atoms. The molecule has 1 aliphatic heterocycles. The first-order chi connectivity index (χ1) is 10.1. The monoisotopic (exact) mass is 303 g/mol. The van der Waals surface area contributed by atoms with Gasteiger partial charge in [-0.3, -0.25) is 9.48 Å². The van der Waals surface area contributed by atoms with Crippen LogP contribution in [0.5, 0.6) is 0 Å². The van der Waals surface area contributed by atoms with Crippen LogP contribution in [0.1, 0.15) is 43.1 Å². The molecule has 1 aromatic carbocycles. The fourth-order valence-corrected chi connectivity index (χ4v) is 2.93. The Labute approximate surface area is 129 Å². The molecule has 1 amide bonds. The van der Waals surface area contributed by atoms with Crippen LogP contribution < -0.4 is 5.32 Å². The van der Waals surface area contributed by atoms with E-state index in [0.29, 0.717) is 5.02 Å². The van der Waals surface area contributed by atoms with E-state index in [1.54, 1.807) is 6.20 Å². The van der Waals surface area contributed by atoms with E-state index in [9.17, 15) is 4.79 Å². The molecule has 0 radical (unpaired) electrons. The van der Waals surface area contributed by atoms with Crippen molar-refractivity contribution in [2.75, 3.05) is 0 Å². The van der Waals surface area contributed by atoms with Gasteiger partial charge in [-0.15, -0.1) is 0 Å².